The van der Waals surface area contributed by atoms with E-state index in [0.29, 0.717) is 0 Å². The lowest BCUT2D eigenvalue weighted by Crippen LogP contribution is -2.24. The Hall–Kier alpha value is -2.42. The van der Waals surface area contributed by atoms with Gasteiger partial charge in [0, 0.05) is 11.1 Å². The number of hydrogen-bond acceptors (Lipinski definition) is 2. The quantitative estimate of drug-likeness (QED) is 0.432. The van der Waals surface area contributed by atoms with E-state index in [2.05, 4.69) is 94.8 Å². The van der Waals surface area contributed by atoms with E-state index >= 15 is 0 Å². The number of hydrogen-bond donors (Lipinski definition) is 0. The number of aromatic nitrogens is 3. The maximum atomic E-state index is 4.75. The highest BCUT2D eigenvalue weighted by Crippen LogP contribution is 2.40. The zero-order valence-corrected chi connectivity index (χ0v) is 21.0. The third-order valence-electron chi connectivity index (χ3n) is 6.37. The predicted octanol–water partition coefficient (Wildman–Crippen LogP) is 7.40. The number of benzene rings is 2. The molecule has 0 amide bonds. The van der Waals surface area contributed by atoms with Crippen molar-refractivity contribution in [2.75, 3.05) is 0 Å². The molecule has 0 saturated heterocycles. The lowest BCUT2D eigenvalue weighted by atomic mass is 9.84. The minimum atomic E-state index is -0.135. The Morgan fingerprint density at radius 1 is 0.844 bits per heavy atom. The second kappa shape index (κ2) is 8.50. The zero-order chi connectivity index (χ0) is 23.1. The third kappa shape index (κ3) is 4.67. The van der Waals surface area contributed by atoms with Gasteiger partial charge in [0.25, 0.3) is 0 Å². The van der Waals surface area contributed by atoms with Crippen molar-refractivity contribution in [3.8, 4) is 22.5 Å². The van der Waals surface area contributed by atoms with Crippen molar-refractivity contribution >= 4 is 0 Å². The smallest absolute Gasteiger partial charge is 0.121 e. The summed E-state index contributed by atoms with van der Waals surface area (Å²) in [4.78, 5) is 0. The van der Waals surface area contributed by atoms with E-state index in [1.54, 1.807) is 0 Å². The fourth-order valence-corrected chi connectivity index (χ4v) is 4.87. The first-order valence-corrected chi connectivity index (χ1v) is 12.3. The first-order chi connectivity index (χ1) is 15.1. The van der Waals surface area contributed by atoms with Crippen LogP contribution in [0.25, 0.3) is 22.5 Å². The lowest BCUT2D eigenvalue weighted by Gasteiger charge is -2.25. The summed E-state index contributed by atoms with van der Waals surface area (Å²) < 4.78 is 2.13. The van der Waals surface area contributed by atoms with Gasteiger partial charge in [0.1, 0.15) is 5.69 Å². The molecule has 0 bridgehead atoms. The molecule has 3 aromatic rings. The molecule has 0 fully saturated rings. The van der Waals surface area contributed by atoms with Crippen molar-refractivity contribution in [3.05, 3.63) is 58.7 Å². The minimum absolute atomic E-state index is 0.135. The Kier molecular flexibility index (Phi) is 6.04. The van der Waals surface area contributed by atoms with Gasteiger partial charge in [-0.1, -0.05) is 75.7 Å². The molecule has 0 saturated carbocycles. The van der Waals surface area contributed by atoms with Crippen LogP contribution in [0, 0.1) is 5.41 Å². The summed E-state index contributed by atoms with van der Waals surface area (Å²) in [6.07, 6.45) is 6.80. The Morgan fingerprint density at radius 3 is 2.12 bits per heavy atom. The maximum Gasteiger partial charge on any atom is 0.121 e. The van der Waals surface area contributed by atoms with Gasteiger partial charge in [-0.25, -0.2) is 4.68 Å². The van der Waals surface area contributed by atoms with Crippen molar-refractivity contribution in [1.29, 1.82) is 0 Å². The van der Waals surface area contributed by atoms with Crippen LogP contribution in [0.5, 0.6) is 0 Å². The molecule has 0 aliphatic heterocycles. The summed E-state index contributed by atoms with van der Waals surface area (Å²) in [5.41, 5.74) is 10.6. The van der Waals surface area contributed by atoms with Gasteiger partial charge >= 0.3 is 0 Å². The van der Waals surface area contributed by atoms with Crippen molar-refractivity contribution in [3.63, 3.8) is 0 Å². The van der Waals surface area contributed by atoms with Gasteiger partial charge in [-0.05, 0) is 80.5 Å². The largest absolute Gasteiger partial charge is 0.239 e. The van der Waals surface area contributed by atoms with Gasteiger partial charge in [-0.15, -0.1) is 5.10 Å². The molecule has 0 spiro atoms. The van der Waals surface area contributed by atoms with Crippen molar-refractivity contribution in [2.45, 2.75) is 92.5 Å². The third-order valence-corrected chi connectivity index (χ3v) is 6.37. The van der Waals surface area contributed by atoms with Gasteiger partial charge in [0.15, 0.2) is 0 Å². The van der Waals surface area contributed by atoms with E-state index in [4.69, 9.17) is 5.10 Å². The van der Waals surface area contributed by atoms with E-state index in [1.807, 2.05) is 0 Å². The van der Waals surface area contributed by atoms with Crippen LogP contribution in [0.3, 0.4) is 0 Å². The Bertz CT molecular complexity index is 1110. The van der Waals surface area contributed by atoms with Gasteiger partial charge in [-0.2, -0.15) is 0 Å². The van der Waals surface area contributed by atoms with Crippen LogP contribution in [0.1, 0.15) is 83.6 Å². The fourth-order valence-electron chi connectivity index (χ4n) is 4.87. The topological polar surface area (TPSA) is 30.7 Å². The average molecular weight is 430 g/mol. The molecular formula is C29H39N3. The first kappa shape index (κ1) is 22.8. The first-order valence-electron chi connectivity index (χ1n) is 12.3. The molecule has 32 heavy (non-hydrogen) atoms. The highest BCUT2D eigenvalue weighted by molar-refractivity contribution is 5.82. The summed E-state index contributed by atoms with van der Waals surface area (Å²) in [6.45, 7) is 15.8. The molecule has 1 aromatic heterocycles. The Morgan fingerprint density at radius 2 is 1.47 bits per heavy atom. The molecular weight excluding hydrogens is 390 g/mol. The van der Waals surface area contributed by atoms with E-state index in [-0.39, 0.29) is 11.0 Å². The molecule has 0 atom stereocenters. The SMILES string of the molecule is CCCCc1ccc2c(c1)CCc1cc(CC(C)(C)C)ccc1-c1nnn(C(C)(C)C)c1-2. The number of aryl methyl sites for hydroxylation is 3. The van der Waals surface area contributed by atoms with E-state index in [9.17, 15) is 0 Å². The minimum Gasteiger partial charge on any atom is -0.239 e. The van der Waals surface area contributed by atoms with E-state index < -0.39 is 0 Å². The molecule has 170 valence electrons. The summed E-state index contributed by atoms with van der Waals surface area (Å²) in [6, 6.07) is 14.1. The second-order valence-electron chi connectivity index (χ2n) is 11.7. The molecule has 0 N–H and O–H groups in total. The van der Waals surface area contributed by atoms with Crippen LogP contribution in [-0.2, 0) is 31.2 Å². The number of fused-ring (bicyclic) bond motifs is 5. The number of unbranched alkanes of at least 4 members (excludes halogenated alkanes) is 1. The highest BCUT2D eigenvalue weighted by atomic mass is 15.5. The van der Waals surface area contributed by atoms with Crippen molar-refractivity contribution in [2.24, 2.45) is 5.41 Å². The summed E-state index contributed by atoms with van der Waals surface area (Å²) in [5, 5.41) is 9.43. The van der Waals surface area contributed by atoms with Crippen LogP contribution < -0.4 is 0 Å². The number of nitrogens with zero attached hydrogens (tertiary/aromatic N) is 3. The molecule has 0 unspecified atom stereocenters. The maximum absolute atomic E-state index is 4.75. The van der Waals surface area contributed by atoms with Crippen LogP contribution in [-0.4, -0.2) is 15.0 Å². The van der Waals surface area contributed by atoms with Crippen LogP contribution in [0.2, 0.25) is 0 Å². The molecule has 1 heterocycles. The lowest BCUT2D eigenvalue weighted by molar-refractivity contribution is 0.351. The van der Waals surface area contributed by atoms with Crippen molar-refractivity contribution in [1.82, 2.24) is 15.0 Å². The standard InChI is InChI=1S/C29H39N3/c1-8-9-10-20-11-16-25-23(17-20)14-13-22-18-21(19-28(2,3)4)12-15-24(22)26-27(25)32(31-30-26)29(5,6)7/h11-12,15-18H,8-10,13-14,19H2,1-7H3. The van der Waals surface area contributed by atoms with Crippen LogP contribution in [0.15, 0.2) is 36.4 Å². The normalized spacial score (nSPS) is 13.7. The van der Waals surface area contributed by atoms with Crippen LogP contribution in [0.4, 0.5) is 0 Å². The van der Waals surface area contributed by atoms with Gasteiger partial charge in [0.05, 0.1) is 11.2 Å². The van der Waals surface area contributed by atoms with E-state index in [0.717, 1.165) is 31.4 Å². The molecule has 3 nitrogen and oxygen atoms in total. The summed E-state index contributed by atoms with van der Waals surface area (Å²) >= 11 is 0. The molecule has 1 aliphatic rings. The number of rotatable bonds is 4. The van der Waals surface area contributed by atoms with Crippen LogP contribution >= 0.6 is 0 Å². The molecule has 0 radical (unpaired) electrons. The Labute approximate surface area is 194 Å². The summed E-state index contributed by atoms with van der Waals surface area (Å²) in [7, 11) is 0. The average Bonchev–Trinajstić information content (AvgIpc) is 3.13. The molecule has 2 aromatic carbocycles. The fraction of sp³-hybridized carbons (Fsp3) is 0.517. The molecule has 1 aliphatic carbocycles. The monoisotopic (exact) mass is 429 g/mol. The second-order valence-corrected chi connectivity index (χ2v) is 11.7. The van der Waals surface area contributed by atoms with E-state index in [1.165, 1.54) is 51.9 Å². The highest BCUT2D eigenvalue weighted by Gasteiger charge is 2.28. The zero-order valence-electron chi connectivity index (χ0n) is 21.0. The summed E-state index contributed by atoms with van der Waals surface area (Å²) in [5.74, 6) is 0. The van der Waals surface area contributed by atoms with Gasteiger partial charge < -0.3 is 0 Å². The van der Waals surface area contributed by atoms with Gasteiger partial charge in [-0.3, -0.25) is 0 Å². The molecule has 3 heteroatoms. The van der Waals surface area contributed by atoms with Gasteiger partial charge in [0.2, 0.25) is 0 Å². The molecule has 4 rings (SSSR count). The predicted molar refractivity (Wildman–Crippen MR) is 135 cm³/mol. The Balaban J connectivity index is 1.89. The van der Waals surface area contributed by atoms with Crippen molar-refractivity contribution < 1.29 is 0 Å².